The van der Waals surface area contributed by atoms with Gasteiger partial charge < -0.3 is 5.11 Å². The highest BCUT2D eigenvalue weighted by molar-refractivity contribution is 5.25. The Morgan fingerprint density at radius 3 is 2.83 bits per heavy atom. The Labute approximate surface area is 73.1 Å². The number of allylic oxidation sites excluding steroid dienone is 3. The molecule has 0 spiro atoms. The second-order valence-corrected chi connectivity index (χ2v) is 2.26. The van der Waals surface area contributed by atoms with Crippen LogP contribution in [0.2, 0.25) is 0 Å². The van der Waals surface area contributed by atoms with Gasteiger partial charge in [-0.2, -0.15) is 5.26 Å². The van der Waals surface area contributed by atoms with Gasteiger partial charge in [-0.3, -0.25) is 0 Å². The lowest BCUT2D eigenvalue weighted by atomic mass is 10.1. The molecule has 0 heterocycles. The van der Waals surface area contributed by atoms with Gasteiger partial charge in [0, 0.05) is 0 Å². The van der Waals surface area contributed by atoms with Gasteiger partial charge in [0.1, 0.15) is 0 Å². The van der Waals surface area contributed by atoms with Gasteiger partial charge in [-0.25, -0.2) is 0 Å². The molecule has 0 saturated carbocycles. The summed E-state index contributed by atoms with van der Waals surface area (Å²) in [6, 6.07) is 1.91. The molecule has 0 fully saturated rings. The summed E-state index contributed by atoms with van der Waals surface area (Å²) < 4.78 is 0. The second-order valence-electron chi connectivity index (χ2n) is 2.26. The SMILES string of the molecule is C=C/C=C\C(=C/C)C(O)CC#N. The van der Waals surface area contributed by atoms with Crippen LogP contribution in [0.4, 0.5) is 0 Å². The highest BCUT2D eigenvalue weighted by atomic mass is 16.3. The third-order valence-corrected chi connectivity index (χ3v) is 1.43. The first-order chi connectivity index (χ1) is 5.76. The molecule has 0 aromatic carbocycles. The average molecular weight is 163 g/mol. The summed E-state index contributed by atoms with van der Waals surface area (Å²) in [4.78, 5) is 0. The van der Waals surface area contributed by atoms with Crippen molar-refractivity contribution in [2.75, 3.05) is 0 Å². The summed E-state index contributed by atoms with van der Waals surface area (Å²) in [5, 5.41) is 17.7. The topological polar surface area (TPSA) is 44.0 Å². The fraction of sp³-hybridized carbons (Fsp3) is 0.300. The molecule has 0 aromatic heterocycles. The number of hydrogen-bond acceptors (Lipinski definition) is 2. The fourth-order valence-corrected chi connectivity index (χ4v) is 0.783. The number of aliphatic hydroxyl groups is 1. The monoisotopic (exact) mass is 163 g/mol. The Bertz CT molecular complexity index is 233. The highest BCUT2D eigenvalue weighted by Crippen LogP contribution is 2.07. The van der Waals surface area contributed by atoms with Crippen LogP contribution in [0.25, 0.3) is 0 Å². The molecule has 0 bridgehead atoms. The third-order valence-electron chi connectivity index (χ3n) is 1.43. The van der Waals surface area contributed by atoms with E-state index in [9.17, 15) is 5.11 Å². The standard InChI is InChI=1S/C10H13NO/c1-3-5-6-9(4-2)10(12)7-8-11/h3-6,10,12H,1,7H2,2H3/b6-5-,9-4+. The van der Waals surface area contributed by atoms with Gasteiger partial charge in [-0.1, -0.05) is 30.9 Å². The molecule has 0 amide bonds. The smallest absolute Gasteiger partial charge is 0.0916 e. The van der Waals surface area contributed by atoms with E-state index >= 15 is 0 Å². The molecule has 0 aromatic rings. The Balaban J connectivity index is 4.27. The summed E-state index contributed by atoms with van der Waals surface area (Å²) in [5.74, 6) is 0. The molecule has 0 radical (unpaired) electrons. The molecule has 1 unspecified atom stereocenters. The number of nitriles is 1. The van der Waals surface area contributed by atoms with Gasteiger partial charge >= 0.3 is 0 Å². The first-order valence-corrected chi connectivity index (χ1v) is 3.76. The van der Waals surface area contributed by atoms with E-state index in [4.69, 9.17) is 5.26 Å². The summed E-state index contributed by atoms with van der Waals surface area (Å²) in [6.07, 6.45) is 6.33. The molecule has 1 N–H and O–H groups in total. The van der Waals surface area contributed by atoms with Gasteiger partial charge in [0.2, 0.25) is 0 Å². The summed E-state index contributed by atoms with van der Waals surface area (Å²) in [7, 11) is 0. The van der Waals surface area contributed by atoms with Crippen LogP contribution >= 0.6 is 0 Å². The van der Waals surface area contributed by atoms with Gasteiger partial charge in [0.25, 0.3) is 0 Å². The molecule has 2 heteroatoms. The predicted molar refractivity (Wildman–Crippen MR) is 49.3 cm³/mol. The Hall–Kier alpha value is -1.33. The van der Waals surface area contributed by atoms with E-state index in [1.54, 1.807) is 24.3 Å². The van der Waals surface area contributed by atoms with E-state index in [-0.39, 0.29) is 6.42 Å². The minimum atomic E-state index is -0.684. The molecule has 0 aliphatic heterocycles. The van der Waals surface area contributed by atoms with Crippen molar-refractivity contribution < 1.29 is 5.11 Å². The number of aliphatic hydroxyl groups excluding tert-OH is 1. The van der Waals surface area contributed by atoms with E-state index in [2.05, 4.69) is 6.58 Å². The Kier molecular flexibility index (Phi) is 5.68. The maximum absolute atomic E-state index is 9.36. The summed E-state index contributed by atoms with van der Waals surface area (Å²) in [5.41, 5.74) is 0.747. The van der Waals surface area contributed by atoms with Crippen LogP contribution < -0.4 is 0 Å². The number of nitrogens with zero attached hydrogens (tertiary/aromatic N) is 1. The average Bonchev–Trinajstić information content (AvgIpc) is 2.06. The minimum absolute atomic E-state index is 0.126. The molecule has 64 valence electrons. The lowest BCUT2D eigenvalue weighted by Gasteiger charge is -2.05. The van der Waals surface area contributed by atoms with Gasteiger partial charge in [-0.15, -0.1) is 0 Å². The zero-order chi connectivity index (χ0) is 9.40. The first kappa shape index (κ1) is 10.7. The zero-order valence-corrected chi connectivity index (χ0v) is 7.20. The first-order valence-electron chi connectivity index (χ1n) is 3.76. The van der Waals surface area contributed by atoms with Crippen LogP contribution in [0.1, 0.15) is 13.3 Å². The van der Waals surface area contributed by atoms with Crippen LogP contribution in [0.5, 0.6) is 0 Å². The van der Waals surface area contributed by atoms with Crippen molar-refractivity contribution in [3.05, 3.63) is 36.5 Å². The maximum atomic E-state index is 9.36. The van der Waals surface area contributed by atoms with E-state index < -0.39 is 6.10 Å². The van der Waals surface area contributed by atoms with Crippen LogP contribution in [0, 0.1) is 11.3 Å². The normalized spacial score (nSPS) is 14.2. The lowest BCUT2D eigenvalue weighted by Crippen LogP contribution is -2.06. The van der Waals surface area contributed by atoms with Crippen LogP contribution in [0.3, 0.4) is 0 Å². The summed E-state index contributed by atoms with van der Waals surface area (Å²) >= 11 is 0. The van der Waals surface area contributed by atoms with Crippen LogP contribution in [0.15, 0.2) is 36.5 Å². The molecular formula is C10H13NO. The van der Waals surface area contributed by atoms with Crippen molar-refractivity contribution in [3.8, 4) is 6.07 Å². The molecule has 0 rings (SSSR count). The third kappa shape index (κ3) is 3.75. The fourth-order valence-electron chi connectivity index (χ4n) is 0.783. The molecule has 12 heavy (non-hydrogen) atoms. The van der Waals surface area contributed by atoms with Gasteiger partial charge in [0.05, 0.1) is 18.6 Å². The molecular weight excluding hydrogens is 150 g/mol. The van der Waals surface area contributed by atoms with Crippen molar-refractivity contribution in [1.29, 1.82) is 5.26 Å². The van der Waals surface area contributed by atoms with Crippen molar-refractivity contribution in [1.82, 2.24) is 0 Å². The van der Waals surface area contributed by atoms with Crippen molar-refractivity contribution in [2.45, 2.75) is 19.4 Å². The molecule has 2 nitrogen and oxygen atoms in total. The molecule has 0 aliphatic carbocycles. The number of rotatable bonds is 4. The van der Waals surface area contributed by atoms with E-state index in [1.165, 1.54) is 0 Å². The van der Waals surface area contributed by atoms with E-state index in [0.29, 0.717) is 0 Å². The highest BCUT2D eigenvalue weighted by Gasteiger charge is 2.04. The van der Waals surface area contributed by atoms with Crippen molar-refractivity contribution in [3.63, 3.8) is 0 Å². The molecule has 1 atom stereocenters. The zero-order valence-electron chi connectivity index (χ0n) is 7.20. The van der Waals surface area contributed by atoms with Crippen LogP contribution in [-0.4, -0.2) is 11.2 Å². The van der Waals surface area contributed by atoms with Crippen LogP contribution in [-0.2, 0) is 0 Å². The van der Waals surface area contributed by atoms with E-state index in [1.807, 2.05) is 13.0 Å². The maximum Gasteiger partial charge on any atom is 0.0916 e. The number of hydrogen-bond donors (Lipinski definition) is 1. The second kappa shape index (κ2) is 6.38. The van der Waals surface area contributed by atoms with Crippen molar-refractivity contribution >= 4 is 0 Å². The van der Waals surface area contributed by atoms with Crippen molar-refractivity contribution in [2.24, 2.45) is 0 Å². The summed E-state index contributed by atoms with van der Waals surface area (Å²) in [6.45, 7) is 5.33. The molecule has 0 saturated heterocycles. The minimum Gasteiger partial charge on any atom is -0.387 e. The molecule has 0 aliphatic rings. The largest absolute Gasteiger partial charge is 0.387 e. The van der Waals surface area contributed by atoms with Gasteiger partial charge in [-0.05, 0) is 12.5 Å². The Morgan fingerprint density at radius 1 is 1.75 bits per heavy atom. The van der Waals surface area contributed by atoms with E-state index in [0.717, 1.165) is 5.57 Å². The quantitative estimate of drug-likeness (QED) is 0.644. The Morgan fingerprint density at radius 2 is 2.42 bits per heavy atom. The lowest BCUT2D eigenvalue weighted by molar-refractivity contribution is 0.220. The van der Waals surface area contributed by atoms with Gasteiger partial charge in [0.15, 0.2) is 0 Å². The predicted octanol–water partition coefficient (Wildman–Crippen LogP) is 1.95.